The Morgan fingerprint density at radius 1 is 1.17 bits per heavy atom. The Morgan fingerprint density at radius 3 is 2.53 bits per heavy atom. The second kappa shape index (κ2) is 8.44. The van der Waals surface area contributed by atoms with E-state index < -0.39 is 0 Å². The topological polar surface area (TPSA) is 71.3 Å². The Labute approximate surface area is 180 Å². The van der Waals surface area contributed by atoms with Crippen LogP contribution in [-0.2, 0) is 11.3 Å². The van der Waals surface area contributed by atoms with Gasteiger partial charge in [-0.3, -0.25) is 9.59 Å². The standard InChI is InChI=1S/C22H24ClN5O2/c1-26(2)20(29)14-28-13-18(17-5-4-16(23)12-19(17)28)22(30)27-10-6-15(7-11-27)21-24-8-3-9-25-21/h3-5,8-9,12-13,15H,6-7,10-11,14H2,1-2H3. The van der Waals surface area contributed by atoms with Crippen molar-refractivity contribution in [1.29, 1.82) is 0 Å². The van der Waals surface area contributed by atoms with E-state index in [2.05, 4.69) is 9.97 Å². The first-order valence-corrected chi connectivity index (χ1v) is 10.4. The molecule has 3 heterocycles. The number of piperidine rings is 1. The number of halogens is 1. The predicted octanol–water partition coefficient (Wildman–Crippen LogP) is 3.19. The Kier molecular flexibility index (Phi) is 5.72. The molecule has 2 aromatic heterocycles. The van der Waals surface area contributed by atoms with Gasteiger partial charge in [0.1, 0.15) is 12.4 Å². The minimum absolute atomic E-state index is 0.0224. The van der Waals surface area contributed by atoms with Gasteiger partial charge in [-0.25, -0.2) is 9.97 Å². The Balaban J connectivity index is 1.57. The molecule has 0 spiro atoms. The molecule has 0 N–H and O–H groups in total. The molecule has 1 saturated heterocycles. The van der Waals surface area contributed by atoms with Crippen molar-refractivity contribution in [2.45, 2.75) is 25.3 Å². The van der Waals surface area contributed by atoms with Crippen LogP contribution in [0.25, 0.3) is 10.9 Å². The number of hydrogen-bond acceptors (Lipinski definition) is 4. The van der Waals surface area contributed by atoms with Crippen molar-refractivity contribution in [2.75, 3.05) is 27.2 Å². The number of amides is 2. The van der Waals surface area contributed by atoms with Crippen LogP contribution < -0.4 is 0 Å². The average Bonchev–Trinajstić information content (AvgIpc) is 3.11. The first kappa shape index (κ1) is 20.3. The van der Waals surface area contributed by atoms with E-state index >= 15 is 0 Å². The molecule has 0 unspecified atom stereocenters. The van der Waals surface area contributed by atoms with E-state index in [1.54, 1.807) is 49.4 Å². The second-order valence-electron chi connectivity index (χ2n) is 7.79. The molecule has 0 bridgehead atoms. The molecule has 7 nitrogen and oxygen atoms in total. The maximum atomic E-state index is 13.3. The molecule has 1 aliphatic rings. The van der Waals surface area contributed by atoms with Crippen molar-refractivity contribution in [1.82, 2.24) is 24.3 Å². The van der Waals surface area contributed by atoms with Crippen LogP contribution in [0.15, 0.2) is 42.9 Å². The minimum Gasteiger partial charge on any atom is -0.347 e. The largest absolute Gasteiger partial charge is 0.347 e. The highest BCUT2D eigenvalue weighted by molar-refractivity contribution is 6.31. The highest BCUT2D eigenvalue weighted by atomic mass is 35.5. The van der Waals surface area contributed by atoms with Crippen molar-refractivity contribution < 1.29 is 9.59 Å². The summed E-state index contributed by atoms with van der Waals surface area (Å²) >= 11 is 6.19. The normalized spacial score (nSPS) is 14.8. The molecule has 3 aromatic rings. The number of benzene rings is 1. The first-order valence-electron chi connectivity index (χ1n) is 9.99. The molecule has 0 atom stereocenters. The Hall–Kier alpha value is -2.93. The molecule has 0 aliphatic carbocycles. The van der Waals surface area contributed by atoms with Gasteiger partial charge in [0, 0.05) is 62.1 Å². The SMILES string of the molecule is CN(C)C(=O)Cn1cc(C(=O)N2CCC(c3ncccn3)CC2)c2ccc(Cl)cc21. The van der Waals surface area contributed by atoms with Crippen LogP contribution in [0, 0.1) is 0 Å². The van der Waals surface area contributed by atoms with Gasteiger partial charge in [-0.05, 0) is 31.0 Å². The van der Waals surface area contributed by atoms with Gasteiger partial charge in [0.05, 0.1) is 11.1 Å². The van der Waals surface area contributed by atoms with Crippen LogP contribution in [0.4, 0.5) is 0 Å². The highest BCUT2D eigenvalue weighted by Crippen LogP contribution is 2.29. The van der Waals surface area contributed by atoms with Crippen molar-refractivity contribution in [3.05, 3.63) is 59.3 Å². The monoisotopic (exact) mass is 425 g/mol. The molecule has 1 aliphatic heterocycles. The zero-order chi connectivity index (χ0) is 21.3. The third-order valence-electron chi connectivity index (χ3n) is 5.61. The number of aromatic nitrogens is 3. The molecule has 1 fully saturated rings. The minimum atomic E-state index is -0.0467. The van der Waals surface area contributed by atoms with Crippen molar-refractivity contribution >= 4 is 34.3 Å². The summed E-state index contributed by atoms with van der Waals surface area (Å²) in [6, 6.07) is 7.24. The van der Waals surface area contributed by atoms with Crippen LogP contribution >= 0.6 is 11.6 Å². The molecule has 30 heavy (non-hydrogen) atoms. The lowest BCUT2D eigenvalue weighted by Gasteiger charge is -2.31. The fraction of sp³-hybridized carbons (Fsp3) is 0.364. The number of carbonyl (C=O) groups is 2. The van der Waals surface area contributed by atoms with Crippen molar-refractivity contribution in [2.24, 2.45) is 0 Å². The predicted molar refractivity (Wildman–Crippen MR) is 116 cm³/mol. The summed E-state index contributed by atoms with van der Waals surface area (Å²) in [5.41, 5.74) is 1.39. The van der Waals surface area contributed by atoms with E-state index in [0.717, 1.165) is 29.6 Å². The van der Waals surface area contributed by atoms with E-state index in [4.69, 9.17) is 11.6 Å². The molecule has 8 heteroatoms. The van der Waals surface area contributed by atoms with Crippen LogP contribution in [-0.4, -0.2) is 63.3 Å². The van der Waals surface area contributed by atoms with Gasteiger partial charge >= 0.3 is 0 Å². The van der Waals surface area contributed by atoms with Gasteiger partial charge in [-0.2, -0.15) is 0 Å². The quantitative estimate of drug-likeness (QED) is 0.643. The van der Waals surface area contributed by atoms with E-state index in [0.29, 0.717) is 23.7 Å². The molecular weight excluding hydrogens is 402 g/mol. The van der Waals surface area contributed by atoms with E-state index in [-0.39, 0.29) is 24.3 Å². The Bertz CT molecular complexity index is 1070. The molecule has 156 valence electrons. The van der Waals surface area contributed by atoms with E-state index in [1.165, 1.54) is 4.90 Å². The van der Waals surface area contributed by atoms with Crippen LogP contribution in [0.2, 0.25) is 5.02 Å². The summed E-state index contributed by atoms with van der Waals surface area (Å²) in [6.45, 7) is 1.46. The van der Waals surface area contributed by atoms with Gasteiger partial charge in [-0.15, -0.1) is 0 Å². The van der Waals surface area contributed by atoms with Gasteiger partial charge in [0.15, 0.2) is 0 Å². The summed E-state index contributed by atoms with van der Waals surface area (Å²) in [7, 11) is 3.43. The molecule has 2 amide bonds. The summed E-state index contributed by atoms with van der Waals surface area (Å²) in [5.74, 6) is 1.05. The second-order valence-corrected chi connectivity index (χ2v) is 8.23. The number of carbonyl (C=O) groups excluding carboxylic acids is 2. The van der Waals surface area contributed by atoms with Gasteiger partial charge < -0.3 is 14.4 Å². The summed E-state index contributed by atoms with van der Waals surface area (Å²) in [6.07, 6.45) is 6.96. The maximum Gasteiger partial charge on any atom is 0.256 e. The summed E-state index contributed by atoms with van der Waals surface area (Å²) < 4.78 is 1.81. The zero-order valence-corrected chi connectivity index (χ0v) is 17.8. The lowest BCUT2D eigenvalue weighted by molar-refractivity contribution is -0.129. The number of rotatable bonds is 4. The van der Waals surface area contributed by atoms with Crippen molar-refractivity contribution in [3.8, 4) is 0 Å². The Morgan fingerprint density at radius 2 is 1.87 bits per heavy atom. The molecule has 0 saturated carbocycles. The number of hydrogen-bond donors (Lipinski definition) is 0. The lowest BCUT2D eigenvalue weighted by Crippen LogP contribution is -2.38. The third kappa shape index (κ3) is 4.03. The molecule has 1 aromatic carbocycles. The zero-order valence-electron chi connectivity index (χ0n) is 17.1. The molecular formula is C22H24ClN5O2. The van der Waals surface area contributed by atoms with Gasteiger partial charge in [-0.1, -0.05) is 17.7 Å². The number of likely N-dealkylation sites (N-methyl/N-ethyl adjacent to an activating group) is 1. The van der Waals surface area contributed by atoms with Crippen molar-refractivity contribution in [3.63, 3.8) is 0 Å². The smallest absolute Gasteiger partial charge is 0.256 e. The lowest BCUT2D eigenvalue weighted by atomic mass is 9.95. The fourth-order valence-corrected chi connectivity index (χ4v) is 4.05. The van der Waals surface area contributed by atoms with Crippen LogP contribution in [0.3, 0.4) is 0 Å². The highest BCUT2D eigenvalue weighted by Gasteiger charge is 2.28. The first-order chi connectivity index (χ1) is 14.4. The maximum absolute atomic E-state index is 13.3. The van der Waals surface area contributed by atoms with Gasteiger partial charge in [0.2, 0.25) is 5.91 Å². The van der Waals surface area contributed by atoms with Crippen LogP contribution in [0.5, 0.6) is 0 Å². The number of likely N-dealkylation sites (tertiary alicyclic amines) is 1. The van der Waals surface area contributed by atoms with Gasteiger partial charge in [0.25, 0.3) is 5.91 Å². The van der Waals surface area contributed by atoms with E-state index in [9.17, 15) is 9.59 Å². The third-order valence-corrected chi connectivity index (χ3v) is 5.85. The number of nitrogens with zero attached hydrogens (tertiary/aromatic N) is 5. The number of fused-ring (bicyclic) bond motifs is 1. The summed E-state index contributed by atoms with van der Waals surface area (Å²) in [4.78, 5) is 37.7. The van der Waals surface area contributed by atoms with E-state index in [1.807, 2.05) is 17.0 Å². The fourth-order valence-electron chi connectivity index (χ4n) is 3.89. The summed E-state index contributed by atoms with van der Waals surface area (Å²) in [5, 5.41) is 1.38. The molecule has 0 radical (unpaired) electrons. The molecule has 4 rings (SSSR count). The average molecular weight is 426 g/mol. The van der Waals surface area contributed by atoms with Crippen LogP contribution in [0.1, 0.15) is 34.9 Å².